The maximum absolute atomic E-state index is 10.7. The molecule has 18 aromatic rings. The first-order chi connectivity index (χ1) is 67.6. The van der Waals surface area contributed by atoms with Gasteiger partial charge in [0.25, 0.3) is 0 Å². The van der Waals surface area contributed by atoms with Crippen LogP contribution in [0.2, 0.25) is 0 Å². The molecular weight excluding hydrogens is 1890 g/mol. The number of nitrogens with zero attached hydrogens (tertiary/aromatic N) is 6. The molecule has 0 amide bonds. The molecule has 0 atom stereocenters. The number of fused-ring (bicyclic) bond motifs is 16. The number of H-pyrrole nitrogens is 4. The summed E-state index contributed by atoms with van der Waals surface area (Å²) in [5.74, 6) is 0. The molecule has 140 heavy (non-hydrogen) atoms. The molecule has 16 bridgehead atoms. The molecule has 0 radical (unpaired) electrons. The van der Waals surface area contributed by atoms with Crippen LogP contribution < -0.4 is 21.2 Å². The van der Waals surface area contributed by atoms with Crippen molar-refractivity contribution in [2.75, 3.05) is 12.3 Å². The Morgan fingerprint density at radius 1 is 0.250 bits per heavy atom. The van der Waals surface area contributed by atoms with Crippen molar-refractivity contribution < 1.29 is 46.6 Å². The second-order valence-electron chi connectivity index (χ2n) is 34.6. The van der Waals surface area contributed by atoms with Gasteiger partial charge in [-0.3, -0.25) is 14.5 Å². The van der Waals surface area contributed by atoms with Gasteiger partial charge in [0, 0.05) is 134 Å². The van der Waals surface area contributed by atoms with Crippen molar-refractivity contribution in [3.05, 3.63) is 443 Å². The topological polar surface area (TPSA) is 195 Å². The fourth-order valence-electron chi connectivity index (χ4n) is 17.8. The van der Waals surface area contributed by atoms with Crippen LogP contribution in [0.1, 0.15) is 85.4 Å². The minimum atomic E-state index is -5.84. The maximum atomic E-state index is 10.7. The van der Waals surface area contributed by atoms with Crippen molar-refractivity contribution in [3.8, 4) is 89.0 Å². The van der Waals surface area contributed by atoms with E-state index in [0.717, 1.165) is 179 Å². The molecule has 20 heteroatoms. The molecule has 4 aliphatic heterocycles. The van der Waals surface area contributed by atoms with Crippen molar-refractivity contribution in [1.82, 2.24) is 49.8 Å². The van der Waals surface area contributed by atoms with Crippen LogP contribution in [0.3, 0.4) is 0 Å². The number of hydrogen-bond acceptors (Lipinski definition) is 8. The number of aromatic nitrogens is 10. The summed E-state index contributed by atoms with van der Waals surface area (Å²) >= 11 is 0. The van der Waals surface area contributed by atoms with Gasteiger partial charge in [0.1, 0.15) is 0 Å². The first kappa shape index (κ1) is 95.2. The minimum absolute atomic E-state index is 0. The predicted octanol–water partition coefficient (Wildman–Crippen LogP) is 29.3. The van der Waals surface area contributed by atoms with Gasteiger partial charge in [-0.15, -0.1) is 0 Å². The summed E-state index contributed by atoms with van der Waals surface area (Å²) in [5.41, 5.74) is 33.6. The first-order valence-corrected chi connectivity index (χ1v) is 50.5. The third-order valence-corrected chi connectivity index (χ3v) is 30.6. The number of aromatic amines is 4. The van der Waals surface area contributed by atoms with Crippen molar-refractivity contribution in [3.63, 3.8) is 0 Å². The number of hydrogen-bond donors (Lipinski definition) is 5. The molecule has 0 unspecified atom stereocenters. The fourth-order valence-corrected chi connectivity index (χ4v) is 22.8. The molecule has 12 heterocycles. The van der Waals surface area contributed by atoms with Gasteiger partial charge in [0.05, 0.1) is 45.6 Å². The normalized spacial score (nSPS) is 11.9. The molecule has 4 aliphatic rings. The largest absolute Gasteiger partial charge is 0.522 e. The van der Waals surface area contributed by atoms with E-state index >= 15 is 0 Å². The van der Waals surface area contributed by atoms with E-state index in [9.17, 15) is 13.2 Å². The van der Waals surface area contributed by atoms with E-state index in [1.165, 1.54) is 73.3 Å². The van der Waals surface area contributed by atoms with E-state index in [4.69, 9.17) is 32.9 Å². The summed E-state index contributed by atoms with van der Waals surface area (Å²) in [6, 6.07) is 122. The molecule has 0 spiro atoms. The van der Waals surface area contributed by atoms with Crippen molar-refractivity contribution in [2.45, 2.75) is 53.5 Å². The number of nitrogens with one attached hydrogen (secondary N) is 4. The van der Waals surface area contributed by atoms with E-state index in [0.29, 0.717) is 0 Å². The fraction of sp³-hybridized carbons (Fsp3) is 0.0833. The smallest absolute Gasteiger partial charge is 0.354 e. The van der Waals surface area contributed by atoms with E-state index in [1.807, 2.05) is 49.1 Å². The Bertz CT molecular complexity index is 7340. The van der Waals surface area contributed by atoms with Crippen LogP contribution in [-0.2, 0) is 30.5 Å². The van der Waals surface area contributed by atoms with Gasteiger partial charge in [0.2, 0.25) is 0 Å². The molecule has 0 saturated carbocycles. The summed E-state index contributed by atoms with van der Waals surface area (Å²) in [5, 5.41) is 5.94. The van der Waals surface area contributed by atoms with Crippen LogP contribution in [0, 0.1) is 41.5 Å². The second-order valence-corrected chi connectivity index (χ2v) is 40.7. The Kier molecular flexibility index (Phi) is 28.9. The number of rotatable bonds is 16. The predicted molar refractivity (Wildman–Crippen MR) is 575 cm³/mol. The molecule has 22 rings (SSSR count). The Hall–Kier alpha value is -15.1. The van der Waals surface area contributed by atoms with E-state index in [2.05, 4.69) is 436 Å². The van der Waals surface area contributed by atoms with Gasteiger partial charge in [0.15, 0.2) is 0 Å². The zero-order valence-electron chi connectivity index (χ0n) is 77.6. The van der Waals surface area contributed by atoms with Gasteiger partial charge < -0.3 is 19.9 Å². The molecule has 692 valence electrons. The molecule has 0 fully saturated rings. The minimum Gasteiger partial charge on any atom is -0.354 e. The number of aryl methyl sites for hydroxylation is 6. The van der Waals surface area contributed by atoms with Gasteiger partial charge in [-0.25, -0.2) is 19.9 Å². The Labute approximate surface area is 828 Å². The van der Waals surface area contributed by atoms with Crippen LogP contribution in [0.15, 0.2) is 365 Å². The summed E-state index contributed by atoms with van der Waals surface area (Å²) in [7, 11) is -6.46. The van der Waals surface area contributed by atoms with Crippen molar-refractivity contribution in [2.24, 2.45) is 0 Å². The Balaban J connectivity index is 0.000000138. The number of benzene rings is 10. The zero-order valence-corrected chi connectivity index (χ0v) is 81.7. The first-order valence-electron chi connectivity index (χ1n) is 46.0. The quantitative estimate of drug-likeness (QED) is 0.0271. The second kappa shape index (κ2) is 42.5. The standard InChI is InChI=1S/2C46H35N5.C27H26P2.CHF3O3S.Pd/c2*1-28-4-10-31(11-5-28)43-35-16-18-37(48-35)44(32-12-6-29(2)7-13-32)39-20-22-41(50-39)46(34-24-26-47-27-25-34)42-23-21-40(51-42)45(38-19-17-36(43)49-38)33-14-8-30(3)9-15-33;1-5-14-24(15-6-1)28(25-16-7-2-8-17-25)22-13-23-29(26-18-9-3-10-19-26)27-20-11-4-12-21-27;2-1(3,4)8(5,6)7;/h2*4-27,48-49H,1-3H3;1-12,14-21H,13,22-23H2;(H,5,6,7);. The van der Waals surface area contributed by atoms with Gasteiger partial charge in [-0.05, 0) is 263 Å². The average molecular weight is 1980 g/mol. The molecule has 0 aliphatic carbocycles. The summed E-state index contributed by atoms with van der Waals surface area (Å²) in [6.45, 7) is 12.7. The number of pyridine rings is 2. The van der Waals surface area contributed by atoms with Gasteiger partial charge in [-0.1, -0.05) is 300 Å². The van der Waals surface area contributed by atoms with Gasteiger partial charge >= 0.3 is 15.6 Å². The molecule has 0 saturated heterocycles. The number of alkyl halides is 3. The number of halogens is 3. The SMILES string of the molecule is Cc1ccc(-c2c3nc(c(-c4ccncc4)c4nc(c(-c5ccc(C)cc5)c5ccc([nH]5)c(-c5ccc(C)cc5)c5ccc2[nH]5)C=C4)C=C3)cc1.Cc1ccc(-c2c3nc(c(-c4ccncc4)c4nc(c(-c5ccc(C)cc5)c5ccc([nH]5)c(-c5ccc(C)cc5)c5ccc2[nH]5)C=C4)C=C3)cc1.O=S(=O)(O)C(F)(F)F.[Pd].c1ccc(P(CCCP(c2ccccc2)c2ccccc2)c2ccccc2)cc1. The summed E-state index contributed by atoms with van der Waals surface area (Å²) in [4.78, 5) is 45.4. The molecule has 13 nitrogen and oxygen atoms in total. The van der Waals surface area contributed by atoms with E-state index in [-0.39, 0.29) is 36.3 Å². The van der Waals surface area contributed by atoms with Crippen LogP contribution >= 0.6 is 15.8 Å². The molecule has 8 aromatic heterocycles. The summed E-state index contributed by atoms with van der Waals surface area (Å²) < 4.78 is 57.5. The van der Waals surface area contributed by atoms with E-state index in [1.54, 1.807) is 0 Å². The van der Waals surface area contributed by atoms with Crippen LogP contribution in [0.5, 0.6) is 0 Å². The third-order valence-electron chi connectivity index (χ3n) is 24.8. The van der Waals surface area contributed by atoms with Crippen molar-refractivity contribution in [1.29, 1.82) is 0 Å². The van der Waals surface area contributed by atoms with Gasteiger partial charge in [-0.2, -0.15) is 21.6 Å². The Morgan fingerprint density at radius 2 is 0.421 bits per heavy atom. The van der Waals surface area contributed by atoms with Crippen LogP contribution in [0.4, 0.5) is 13.2 Å². The molecular formula is C120H97F3N10O3P2PdS. The Morgan fingerprint density at radius 3 is 0.614 bits per heavy atom. The summed E-state index contributed by atoms with van der Waals surface area (Å²) in [6.07, 6.45) is 28.0. The van der Waals surface area contributed by atoms with Crippen LogP contribution in [-0.4, -0.2) is 80.6 Å². The zero-order chi connectivity index (χ0) is 95.7. The monoisotopic (exact) mass is 1980 g/mol. The van der Waals surface area contributed by atoms with Crippen LogP contribution in [0.25, 0.3) is 182 Å². The average Bonchev–Trinajstić information content (AvgIpc) is 1.61. The van der Waals surface area contributed by atoms with Crippen molar-refractivity contribution >= 4 is 140 Å². The third kappa shape index (κ3) is 21.4. The maximum Gasteiger partial charge on any atom is 0.522 e. The van der Waals surface area contributed by atoms with E-state index < -0.39 is 15.6 Å². The molecule has 10 aromatic carbocycles. The molecule has 5 N–H and O–H groups in total.